The van der Waals surface area contributed by atoms with Crippen molar-refractivity contribution in [1.82, 2.24) is 10.0 Å². The summed E-state index contributed by atoms with van der Waals surface area (Å²) in [4.78, 5) is 11.5. The van der Waals surface area contributed by atoms with Crippen LogP contribution in [-0.2, 0) is 19.5 Å². The third-order valence-electron chi connectivity index (χ3n) is 4.44. The zero-order chi connectivity index (χ0) is 19.2. The van der Waals surface area contributed by atoms with E-state index in [1.54, 1.807) is 14.0 Å². The molecular formula is C17H25FN2O5S. The largest absolute Gasteiger partial charge is 0.462 e. The molecule has 1 saturated heterocycles. The fourth-order valence-corrected chi connectivity index (χ4v) is 4.23. The Labute approximate surface area is 153 Å². The summed E-state index contributed by atoms with van der Waals surface area (Å²) in [7, 11) is -2.40. The monoisotopic (exact) mass is 388 g/mol. The van der Waals surface area contributed by atoms with E-state index in [2.05, 4.69) is 10.0 Å². The summed E-state index contributed by atoms with van der Waals surface area (Å²) >= 11 is 0. The molecular weight excluding hydrogens is 363 g/mol. The van der Waals surface area contributed by atoms with Crippen LogP contribution in [0.1, 0.15) is 30.1 Å². The van der Waals surface area contributed by atoms with E-state index in [1.807, 2.05) is 0 Å². The van der Waals surface area contributed by atoms with Crippen molar-refractivity contribution in [2.45, 2.75) is 24.7 Å². The third kappa shape index (κ3) is 5.23. The quantitative estimate of drug-likeness (QED) is 0.652. The number of benzene rings is 1. The van der Waals surface area contributed by atoms with Crippen molar-refractivity contribution in [2.24, 2.45) is 5.41 Å². The predicted molar refractivity (Wildman–Crippen MR) is 94.0 cm³/mol. The van der Waals surface area contributed by atoms with Crippen LogP contribution in [-0.4, -0.2) is 54.3 Å². The van der Waals surface area contributed by atoms with E-state index in [0.717, 1.165) is 44.1 Å². The van der Waals surface area contributed by atoms with Crippen LogP contribution >= 0.6 is 0 Å². The minimum absolute atomic E-state index is 0.114. The Hall–Kier alpha value is -1.55. The fourth-order valence-electron chi connectivity index (χ4n) is 3.02. The molecule has 1 aliphatic heterocycles. The smallest absolute Gasteiger partial charge is 0.338 e. The SMILES string of the molecule is CCOC(=O)c1cc(F)cc(S(=O)(=O)NCC2(COC)CCNCC2)c1. The normalized spacial score (nSPS) is 17.0. The summed E-state index contributed by atoms with van der Waals surface area (Å²) in [6.45, 7) is 3.88. The number of sulfonamides is 1. The number of methoxy groups -OCH3 is 1. The van der Waals surface area contributed by atoms with Gasteiger partial charge in [-0.2, -0.15) is 0 Å². The Bertz CT molecular complexity index is 727. The molecule has 26 heavy (non-hydrogen) atoms. The molecule has 0 unspecified atom stereocenters. The van der Waals surface area contributed by atoms with E-state index < -0.39 is 21.8 Å². The Morgan fingerprint density at radius 1 is 1.31 bits per heavy atom. The first kappa shape index (κ1) is 20.8. The highest BCUT2D eigenvalue weighted by Gasteiger charge is 2.33. The maximum atomic E-state index is 13.8. The second-order valence-corrected chi connectivity index (χ2v) is 8.17. The van der Waals surface area contributed by atoms with Gasteiger partial charge in [0, 0.05) is 19.1 Å². The predicted octanol–water partition coefficient (Wildman–Crippen LogP) is 1.30. The Morgan fingerprint density at radius 2 is 2.00 bits per heavy atom. The second-order valence-electron chi connectivity index (χ2n) is 6.40. The molecule has 0 spiro atoms. The summed E-state index contributed by atoms with van der Waals surface area (Å²) < 4.78 is 51.7. The highest BCUT2D eigenvalue weighted by molar-refractivity contribution is 7.89. The van der Waals surface area contributed by atoms with Gasteiger partial charge in [0.2, 0.25) is 10.0 Å². The van der Waals surface area contributed by atoms with Crippen molar-refractivity contribution in [3.63, 3.8) is 0 Å². The number of esters is 1. The molecule has 0 aromatic heterocycles. The Kier molecular flexibility index (Phi) is 7.10. The van der Waals surface area contributed by atoms with Gasteiger partial charge in [0.15, 0.2) is 0 Å². The number of piperidine rings is 1. The number of hydrogen-bond acceptors (Lipinski definition) is 6. The highest BCUT2D eigenvalue weighted by Crippen LogP contribution is 2.29. The number of ether oxygens (including phenoxy) is 2. The van der Waals surface area contributed by atoms with E-state index in [0.29, 0.717) is 6.61 Å². The van der Waals surface area contributed by atoms with Gasteiger partial charge in [0.05, 0.1) is 23.7 Å². The third-order valence-corrected chi connectivity index (χ3v) is 5.83. The fraction of sp³-hybridized carbons (Fsp3) is 0.588. The molecule has 1 fully saturated rings. The minimum atomic E-state index is -3.98. The number of nitrogens with one attached hydrogen (secondary N) is 2. The average Bonchev–Trinajstić information content (AvgIpc) is 2.61. The first-order valence-corrected chi connectivity index (χ1v) is 9.97. The summed E-state index contributed by atoms with van der Waals surface area (Å²) in [6.07, 6.45) is 1.53. The van der Waals surface area contributed by atoms with Crippen LogP contribution in [0.4, 0.5) is 4.39 Å². The molecule has 1 aliphatic rings. The lowest BCUT2D eigenvalue weighted by atomic mass is 9.80. The van der Waals surface area contributed by atoms with Crippen LogP contribution in [0.3, 0.4) is 0 Å². The summed E-state index contributed by atoms with van der Waals surface area (Å²) in [5.74, 6) is -1.58. The standard InChI is InChI=1S/C17H25FN2O5S/c1-3-25-16(21)13-8-14(18)10-15(9-13)26(22,23)20-11-17(12-24-2)4-6-19-7-5-17/h8-10,19-20H,3-7,11-12H2,1-2H3. The highest BCUT2D eigenvalue weighted by atomic mass is 32.2. The number of carbonyl (C=O) groups is 1. The molecule has 1 heterocycles. The van der Waals surface area contributed by atoms with Crippen molar-refractivity contribution in [3.05, 3.63) is 29.6 Å². The molecule has 0 atom stereocenters. The summed E-state index contributed by atoms with van der Waals surface area (Å²) in [6, 6.07) is 2.96. The van der Waals surface area contributed by atoms with Gasteiger partial charge in [-0.05, 0) is 51.1 Å². The van der Waals surface area contributed by atoms with Gasteiger partial charge in [-0.1, -0.05) is 0 Å². The Balaban J connectivity index is 2.20. The number of carbonyl (C=O) groups excluding carboxylic acids is 1. The summed E-state index contributed by atoms with van der Waals surface area (Å²) in [5, 5.41) is 3.23. The van der Waals surface area contributed by atoms with Gasteiger partial charge in [-0.3, -0.25) is 0 Å². The van der Waals surface area contributed by atoms with Gasteiger partial charge in [-0.15, -0.1) is 0 Å². The van der Waals surface area contributed by atoms with Gasteiger partial charge in [-0.25, -0.2) is 22.3 Å². The van der Waals surface area contributed by atoms with E-state index >= 15 is 0 Å². The van der Waals surface area contributed by atoms with Gasteiger partial charge >= 0.3 is 5.97 Å². The molecule has 146 valence electrons. The average molecular weight is 388 g/mol. The van der Waals surface area contributed by atoms with E-state index in [-0.39, 0.29) is 29.0 Å². The summed E-state index contributed by atoms with van der Waals surface area (Å²) in [5.41, 5.74) is -0.453. The molecule has 0 bridgehead atoms. The second kappa shape index (κ2) is 8.90. The van der Waals surface area contributed by atoms with Crippen molar-refractivity contribution in [2.75, 3.05) is 40.0 Å². The molecule has 7 nitrogen and oxygen atoms in total. The first-order valence-electron chi connectivity index (χ1n) is 8.49. The van der Waals surface area contributed by atoms with Crippen LogP contribution in [0.2, 0.25) is 0 Å². The number of rotatable bonds is 8. The van der Waals surface area contributed by atoms with Crippen LogP contribution in [0.5, 0.6) is 0 Å². The lowest BCUT2D eigenvalue weighted by Crippen LogP contribution is -2.47. The molecule has 0 radical (unpaired) electrons. The first-order chi connectivity index (χ1) is 12.3. The van der Waals surface area contributed by atoms with Crippen LogP contribution in [0.25, 0.3) is 0 Å². The van der Waals surface area contributed by atoms with E-state index in [4.69, 9.17) is 9.47 Å². The topological polar surface area (TPSA) is 93.7 Å². The molecule has 0 aliphatic carbocycles. The van der Waals surface area contributed by atoms with Gasteiger partial charge in [0.25, 0.3) is 0 Å². The van der Waals surface area contributed by atoms with Crippen molar-refractivity contribution >= 4 is 16.0 Å². The Morgan fingerprint density at radius 3 is 2.62 bits per heavy atom. The van der Waals surface area contributed by atoms with E-state index in [1.165, 1.54) is 0 Å². The molecule has 2 N–H and O–H groups in total. The number of hydrogen-bond donors (Lipinski definition) is 2. The molecule has 2 rings (SSSR count). The van der Waals surface area contributed by atoms with Crippen LogP contribution < -0.4 is 10.0 Å². The molecule has 1 aromatic rings. The molecule has 9 heteroatoms. The molecule has 0 amide bonds. The lowest BCUT2D eigenvalue weighted by Gasteiger charge is -2.37. The molecule has 1 aromatic carbocycles. The van der Waals surface area contributed by atoms with Crippen LogP contribution in [0.15, 0.2) is 23.1 Å². The maximum Gasteiger partial charge on any atom is 0.338 e. The zero-order valence-electron chi connectivity index (χ0n) is 15.0. The maximum absolute atomic E-state index is 13.8. The number of halogens is 1. The van der Waals surface area contributed by atoms with Gasteiger partial charge in [0.1, 0.15) is 5.82 Å². The van der Waals surface area contributed by atoms with E-state index in [9.17, 15) is 17.6 Å². The minimum Gasteiger partial charge on any atom is -0.462 e. The zero-order valence-corrected chi connectivity index (χ0v) is 15.8. The van der Waals surface area contributed by atoms with Crippen LogP contribution in [0, 0.1) is 11.2 Å². The van der Waals surface area contributed by atoms with Crippen molar-refractivity contribution < 1.29 is 27.1 Å². The van der Waals surface area contributed by atoms with Crippen molar-refractivity contribution in [1.29, 1.82) is 0 Å². The molecule has 0 saturated carbocycles. The lowest BCUT2D eigenvalue weighted by molar-refractivity contribution is 0.0525. The van der Waals surface area contributed by atoms with Crippen molar-refractivity contribution in [3.8, 4) is 0 Å². The van der Waals surface area contributed by atoms with Gasteiger partial charge < -0.3 is 14.8 Å².